The molecule has 4 rings (SSSR count). The highest BCUT2D eigenvalue weighted by atomic mass is 16.7. The maximum absolute atomic E-state index is 13.3. The van der Waals surface area contributed by atoms with E-state index in [2.05, 4.69) is 0 Å². The van der Waals surface area contributed by atoms with E-state index in [0.717, 1.165) is 5.56 Å². The molecule has 0 bridgehead atoms. The number of carbonyl (C=O) groups is 1. The second kappa shape index (κ2) is 7.59. The Morgan fingerprint density at radius 3 is 2.20 bits per heavy atom. The molecule has 3 aromatic rings. The molecule has 2 N–H and O–H groups in total. The van der Waals surface area contributed by atoms with Crippen LogP contribution in [0.5, 0.6) is 5.75 Å². The molecule has 1 aliphatic heterocycles. The van der Waals surface area contributed by atoms with Crippen LogP contribution in [0.4, 0.5) is 0 Å². The molecule has 154 valence electrons. The van der Waals surface area contributed by atoms with E-state index in [9.17, 15) is 15.0 Å². The fraction of sp³-hybridized carbons (Fsp3) is 0.240. The predicted octanol–water partition coefficient (Wildman–Crippen LogP) is 3.66. The minimum absolute atomic E-state index is 0.0498. The number of fused-ring (bicyclic) bond motifs is 1. The quantitative estimate of drug-likeness (QED) is 0.649. The van der Waals surface area contributed by atoms with E-state index in [1.807, 2.05) is 37.3 Å². The standard InChI is InChI=1S/C25H24O5/c1-3-29-23(26)24(27)22(19-14-8-7-11-17(19)2)20-15-9-10-16-21(20)30-25(24,28)18-12-5-4-6-13-18/h4-16,22,27-28H,3H2,1-2H3/t22?,24-,25+/m1/s1. The molecule has 1 unspecified atom stereocenters. The molecule has 0 fully saturated rings. The molecule has 1 heterocycles. The van der Waals surface area contributed by atoms with Gasteiger partial charge in [0.1, 0.15) is 5.75 Å². The van der Waals surface area contributed by atoms with Crippen LogP contribution < -0.4 is 4.74 Å². The fourth-order valence-corrected chi connectivity index (χ4v) is 4.21. The van der Waals surface area contributed by atoms with Crippen LogP contribution in [0, 0.1) is 6.92 Å². The third-order valence-electron chi connectivity index (χ3n) is 5.67. The van der Waals surface area contributed by atoms with Crippen LogP contribution in [-0.4, -0.2) is 28.4 Å². The normalized spacial score (nSPS) is 25.1. The van der Waals surface area contributed by atoms with Crippen molar-refractivity contribution < 1.29 is 24.5 Å². The molecule has 30 heavy (non-hydrogen) atoms. The molecule has 0 aliphatic carbocycles. The maximum atomic E-state index is 13.3. The highest BCUT2D eigenvalue weighted by molar-refractivity contribution is 5.85. The van der Waals surface area contributed by atoms with Gasteiger partial charge in [-0.2, -0.15) is 0 Å². The molecule has 3 atom stereocenters. The lowest BCUT2D eigenvalue weighted by Crippen LogP contribution is -2.66. The highest BCUT2D eigenvalue weighted by Gasteiger charge is 2.67. The first-order valence-electron chi connectivity index (χ1n) is 9.94. The van der Waals surface area contributed by atoms with Gasteiger partial charge in [-0.25, -0.2) is 4.79 Å². The summed E-state index contributed by atoms with van der Waals surface area (Å²) in [6.07, 6.45) is 0. The van der Waals surface area contributed by atoms with E-state index in [1.165, 1.54) is 0 Å². The Balaban J connectivity index is 2.07. The lowest BCUT2D eigenvalue weighted by atomic mass is 9.68. The fourth-order valence-electron chi connectivity index (χ4n) is 4.21. The van der Waals surface area contributed by atoms with Crippen LogP contribution in [0.1, 0.15) is 35.1 Å². The van der Waals surface area contributed by atoms with Crippen molar-refractivity contribution in [3.05, 3.63) is 101 Å². The van der Waals surface area contributed by atoms with Crippen LogP contribution in [0.25, 0.3) is 0 Å². The summed E-state index contributed by atoms with van der Waals surface area (Å²) in [5, 5.41) is 23.9. The zero-order valence-electron chi connectivity index (χ0n) is 16.9. The van der Waals surface area contributed by atoms with E-state index in [4.69, 9.17) is 9.47 Å². The zero-order chi connectivity index (χ0) is 21.4. The van der Waals surface area contributed by atoms with Crippen molar-refractivity contribution in [1.82, 2.24) is 0 Å². The van der Waals surface area contributed by atoms with Crippen LogP contribution in [0.2, 0.25) is 0 Å². The molecule has 1 aliphatic rings. The SMILES string of the molecule is CCOC(=O)[C@]1(O)C(c2ccccc2C)c2ccccc2O[C@@]1(O)c1ccccc1. The number of benzene rings is 3. The molecule has 0 aromatic heterocycles. The van der Waals surface area contributed by atoms with Gasteiger partial charge in [-0.3, -0.25) is 0 Å². The van der Waals surface area contributed by atoms with Gasteiger partial charge in [-0.1, -0.05) is 72.8 Å². The van der Waals surface area contributed by atoms with Gasteiger partial charge in [0.15, 0.2) is 0 Å². The first-order chi connectivity index (χ1) is 14.4. The molecule has 0 amide bonds. The van der Waals surface area contributed by atoms with Crippen molar-refractivity contribution in [2.45, 2.75) is 31.2 Å². The lowest BCUT2D eigenvalue weighted by Gasteiger charge is -2.49. The summed E-state index contributed by atoms with van der Waals surface area (Å²) in [6, 6.07) is 23.0. The maximum Gasteiger partial charge on any atom is 0.346 e. The van der Waals surface area contributed by atoms with Crippen molar-refractivity contribution in [2.24, 2.45) is 0 Å². The van der Waals surface area contributed by atoms with Crippen molar-refractivity contribution in [1.29, 1.82) is 0 Å². The Bertz CT molecular complexity index is 1060. The van der Waals surface area contributed by atoms with Crippen LogP contribution in [-0.2, 0) is 15.3 Å². The number of rotatable bonds is 4. The number of carbonyl (C=O) groups excluding carboxylic acids is 1. The van der Waals surface area contributed by atoms with Gasteiger partial charge in [0.2, 0.25) is 5.60 Å². The molecular formula is C25H24O5. The van der Waals surface area contributed by atoms with E-state index in [-0.39, 0.29) is 12.2 Å². The second-order valence-corrected chi connectivity index (χ2v) is 7.43. The number of hydrogen-bond donors (Lipinski definition) is 2. The summed E-state index contributed by atoms with van der Waals surface area (Å²) < 4.78 is 11.3. The Morgan fingerprint density at radius 2 is 1.53 bits per heavy atom. The van der Waals surface area contributed by atoms with Gasteiger partial charge in [-0.05, 0) is 31.0 Å². The molecule has 3 aromatic carbocycles. The van der Waals surface area contributed by atoms with Gasteiger partial charge in [0.25, 0.3) is 5.79 Å². The monoisotopic (exact) mass is 404 g/mol. The van der Waals surface area contributed by atoms with Crippen LogP contribution >= 0.6 is 0 Å². The summed E-state index contributed by atoms with van der Waals surface area (Å²) >= 11 is 0. The summed E-state index contributed by atoms with van der Waals surface area (Å²) in [5.41, 5.74) is 0.0114. The van der Waals surface area contributed by atoms with Gasteiger partial charge in [0, 0.05) is 11.1 Å². The molecular weight excluding hydrogens is 380 g/mol. The van der Waals surface area contributed by atoms with Gasteiger partial charge >= 0.3 is 5.97 Å². The predicted molar refractivity (Wildman–Crippen MR) is 112 cm³/mol. The highest BCUT2D eigenvalue weighted by Crippen LogP contribution is 2.54. The van der Waals surface area contributed by atoms with Gasteiger partial charge in [0.05, 0.1) is 12.5 Å². The zero-order valence-corrected chi connectivity index (χ0v) is 16.9. The molecule has 5 heteroatoms. The lowest BCUT2D eigenvalue weighted by molar-refractivity contribution is -0.280. The Labute approximate surface area is 175 Å². The first kappa shape index (κ1) is 20.1. The van der Waals surface area contributed by atoms with Crippen molar-refractivity contribution >= 4 is 5.97 Å². The van der Waals surface area contributed by atoms with Gasteiger partial charge in [-0.15, -0.1) is 0 Å². The topological polar surface area (TPSA) is 76.0 Å². The summed E-state index contributed by atoms with van der Waals surface area (Å²) in [7, 11) is 0. The average Bonchev–Trinajstić information content (AvgIpc) is 2.76. The average molecular weight is 404 g/mol. The Hall–Kier alpha value is -3.15. The van der Waals surface area contributed by atoms with Crippen molar-refractivity contribution in [3.63, 3.8) is 0 Å². The first-order valence-corrected chi connectivity index (χ1v) is 9.94. The number of hydrogen-bond acceptors (Lipinski definition) is 5. The molecule has 0 saturated heterocycles. The van der Waals surface area contributed by atoms with Crippen LogP contribution in [0.15, 0.2) is 78.9 Å². The second-order valence-electron chi connectivity index (χ2n) is 7.43. The number of esters is 1. The number of ether oxygens (including phenoxy) is 2. The van der Waals surface area contributed by atoms with Crippen molar-refractivity contribution in [2.75, 3.05) is 6.61 Å². The number of aliphatic hydroxyl groups is 2. The van der Waals surface area contributed by atoms with E-state index in [1.54, 1.807) is 55.5 Å². The van der Waals surface area contributed by atoms with E-state index in [0.29, 0.717) is 16.9 Å². The molecule has 5 nitrogen and oxygen atoms in total. The third-order valence-corrected chi connectivity index (χ3v) is 5.67. The smallest absolute Gasteiger partial charge is 0.346 e. The Kier molecular flexibility index (Phi) is 5.10. The summed E-state index contributed by atoms with van der Waals surface area (Å²) in [5.74, 6) is -3.82. The Morgan fingerprint density at radius 1 is 0.933 bits per heavy atom. The van der Waals surface area contributed by atoms with Crippen LogP contribution in [0.3, 0.4) is 0 Å². The minimum Gasteiger partial charge on any atom is -0.464 e. The van der Waals surface area contributed by atoms with Gasteiger partial charge < -0.3 is 19.7 Å². The number of aryl methyl sites for hydroxylation is 1. The van der Waals surface area contributed by atoms with E-state index < -0.39 is 23.3 Å². The largest absolute Gasteiger partial charge is 0.464 e. The third kappa shape index (κ3) is 2.90. The molecule has 0 saturated carbocycles. The van der Waals surface area contributed by atoms with Crippen molar-refractivity contribution in [3.8, 4) is 5.75 Å². The molecule has 0 spiro atoms. The molecule has 0 radical (unpaired) electrons. The van der Waals surface area contributed by atoms with E-state index >= 15 is 0 Å². The number of para-hydroxylation sites is 1. The summed E-state index contributed by atoms with van der Waals surface area (Å²) in [6.45, 7) is 3.61. The minimum atomic E-state index is -2.43. The summed E-state index contributed by atoms with van der Waals surface area (Å²) in [4.78, 5) is 13.3.